The maximum absolute atomic E-state index is 12.1. The first kappa shape index (κ1) is 19.5. The molecule has 8 heteroatoms. The monoisotopic (exact) mass is 270 g/mol. The fourth-order valence-corrected chi connectivity index (χ4v) is 0.993. The molecule has 0 spiro atoms. The lowest BCUT2D eigenvalue weighted by Gasteiger charge is -2.22. The number of hydrogen-bond acceptors (Lipinski definition) is 5. The molecule has 0 aliphatic heterocycles. The van der Waals surface area contributed by atoms with Gasteiger partial charge >= 0.3 is 5.97 Å². The van der Waals surface area contributed by atoms with E-state index in [2.05, 4.69) is 0 Å². The van der Waals surface area contributed by atoms with E-state index in [-0.39, 0.29) is 19.4 Å². The van der Waals surface area contributed by atoms with E-state index in [1.54, 1.807) is 0 Å². The Balaban J connectivity index is 0. The molecule has 0 rings (SSSR count). The van der Waals surface area contributed by atoms with Crippen molar-refractivity contribution in [3.8, 4) is 0 Å². The summed E-state index contributed by atoms with van der Waals surface area (Å²) in [5.41, 5.74) is 17.9. The second kappa shape index (κ2) is 11.3. The number of aliphatic carboxylic acids is 1. The van der Waals surface area contributed by atoms with Crippen molar-refractivity contribution >= 4 is 5.97 Å². The molecule has 0 heterocycles. The zero-order valence-electron chi connectivity index (χ0n) is 10.4. The second-order valence-corrected chi connectivity index (χ2v) is 3.82. The van der Waals surface area contributed by atoms with Gasteiger partial charge in [-0.15, -0.1) is 0 Å². The van der Waals surface area contributed by atoms with Gasteiger partial charge in [0.25, 0.3) is 6.43 Å². The van der Waals surface area contributed by atoms with Crippen LogP contribution in [-0.2, 0) is 4.79 Å². The van der Waals surface area contributed by atoms with E-state index in [0.29, 0.717) is 0 Å². The van der Waals surface area contributed by atoms with Gasteiger partial charge in [0.2, 0.25) is 0 Å². The summed E-state index contributed by atoms with van der Waals surface area (Å²) in [6.45, 7) is 1.70. The number of rotatable bonds is 8. The molecule has 110 valence electrons. The Kier molecular flexibility index (Phi) is 12.2. The fourth-order valence-electron chi connectivity index (χ4n) is 0.993. The molecule has 1 atom stereocenters. The predicted molar refractivity (Wildman–Crippen MR) is 66.2 cm³/mol. The first-order valence-corrected chi connectivity index (χ1v) is 5.77. The van der Waals surface area contributed by atoms with Crippen LogP contribution in [0.1, 0.15) is 25.7 Å². The molecule has 0 aliphatic carbocycles. The van der Waals surface area contributed by atoms with E-state index in [1.807, 2.05) is 0 Å². The minimum atomic E-state index is -3.07. The predicted octanol–water partition coefficient (Wildman–Crippen LogP) is -0.543. The molecule has 0 bridgehead atoms. The van der Waals surface area contributed by atoms with Crippen LogP contribution in [0, 0.1) is 0 Å². The summed E-state index contributed by atoms with van der Waals surface area (Å²) in [4.78, 5) is 10.3. The Labute approximate surface area is 106 Å². The zero-order valence-corrected chi connectivity index (χ0v) is 10.4. The standard InChI is InChI=1S/C6H12F2N2O2.C4H12N2/c7-4(8)6(10,5(11)12)2-1-3-9;5-3-1-2-4-6/h4H,1-3,9-10H2,(H,11,12);1-6H2. The van der Waals surface area contributed by atoms with Crippen molar-refractivity contribution in [2.24, 2.45) is 22.9 Å². The molecule has 0 aliphatic rings. The third-order valence-electron chi connectivity index (χ3n) is 2.24. The van der Waals surface area contributed by atoms with Crippen LogP contribution in [0.15, 0.2) is 0 Å². The molecule has 0 saturated heterocycles. The molecule has 0 amide bonds. The van der Waals surface area contributed by atoms with Crippen LogP contribution in [0.3, 0.4) is 0 Å². The average Bonchev–Trinajstić information content (AvgIpc) is 2.33. The molecule has 6 nitrogen and oxygen atoms in total. The van der Waals surface area contributed by atoms with Gasteiger partial charge in [0.05, 0.1) is 0 Å². The Morgan fingerprint density at radius 3 is 1.67 bits per heavy atom. The van der Waals surface area contributed by atoms with Crippen LogP contribution in [0.5, 0.6) is 0 Å². The third-order valence-corrected chi connectivity index (χ3v) is 2.24. The highest BCUT2D eigenvalue weighted by molar-refractivity contribution is 5.79. The Bertz CT molecular complexity index is 216. The molecule has 0 saturated carbocycles. The lowest BCUT2D eigenvalue weighted by molar-refractivity contribution is -0.150. The van der Waals surface area contributed by atoms with Gasteiger partial charge in [-0.1, -0.05) is 0 Å². The number of carbonyl (C=O) groups is 1. The van der Waals surface area contributed by atoms with E-state index in [0.717, 1.165) is 25.9 Å². The topological polar surface area (TPSA) is 141 Å². The molecule has 18 heavy (non-hydrogen) atoms. The minimum Gasteiger partial charge on any atom is -0.480 e. The fraction of sp³-hybridized carbons (Fsp3) is 0.900. The molecule has 0 radical (unpaired) electrons. The van der Waals surface area contributed by atoms with Crippen molar-refractivity contribution in [1.29, 1.82) is 0 Å². The van der Waals surface area contributed by atoms with Gasteiger partial charge in [0.15, 0.2) is 5.54 Å². The highest BCUT2D eigenvalue weighted by atomic mass is 19.3. The van der Waals surface area contributed by atoms with Crippen molar-refractivity contribution < 1.29 is 18.7 Å². The van der Waals surface area contributed by atoms with Gasteiger partial charge in [-0.2, -0.15) is 0 Å². The van der Waals surface area contributed by atoms with Gasteiger partial charge < -0.3 is 28.0 Å². The molecule has 0 aromatic heterocycles. The van der Waals surface area contributed by atoms with Crippen LogP contribution in [0.4, 0.5) is 8.78 Å². The van der Waals surface area contributed by atoms with Crippen molar-refractivity contribution in [1.82, 2.24) is 0 Å². The van der Waals surface area contributed by atoms with Gasteiger partial charge in [0, 0.05) is 0 Å². The number of carboxylic acids is 1. The molecule has 9 N–H and O–H groups in total. The number of hydrogen-bond donors (Lipinski definition) is 5. The van der Waals surface area contributed by atoms with Crippen LogP contribution in [-0.4, -0.2) is 42.7 Å². The number of unbranched alkanes of at least 4 members (excludes halogenated alkanes) is 1. The van der Waals surface area contributed by atoms with Crippen LogP contribution < -0.4 is 22.9 Å². The van der Waals surface area contributed by atoms with Gasteiger partial charge in [-0.25, -0.2) is 13.6 Å². The quantitative estimate of drug-likeness (QED) is 0.375. The first-order valence-electron chi connectivity index (χ1n) is 5.77. The highest BCUT2D eigenvalue weighted by Gasteiger charge is 2.42. The summed E-state index contributed by atoms with van der Waals surface area (Å²) in [6.07, 6.45) is -1.07. The molecular weight excluding hydrogens is 246 g/mol. The van der Waals surface area contributed by atoms with Gasteiger partial charge in [-0.3, -0.25) is 0 Å². The molecule has 1 unspecified atom stereocenters. The molecule has 0 fully saturated rings. The summed E-state index contributed by atoms with van der Waals surface area (Å²) < 4.78 is 24.2. The minimum absolute atomic E-state index is 0.152. The summed E-state index contributed by atoms with van der Waals surface area (Å²) in [7, 11) is 0. The Hall–Kier alpha value is -0.830. The summed E-state index contributed by atoms with van der Waals surface area (Å²) in [5.74, 6) is -1.69. The lowest BCUT2D eigenvalue weighted by Crippen LogP contribution is -2.54. The van der Waals surface area contributed by atoms with Gasteiger partial charge in [-0.05, 0) is 45.3 Å². The largest absolute Gasteiger partial charge is 0.480 e. The highest BCUT2D eigenvalue weighted by Crippen LogP contribution is 2.18. The molecular formula is C10H24F2N4O2. The van der Waals surface area contributed by atoms with E-state index in [9.17, 15) is 13.6 Å². The van der Waals surface area contributed by atoms with Crippen molar-refractivity contribution in [3.05, 3.63) is 0 Å². The molecule has 0 aromatic rings. The lowest BCUT2D eigenvalue weighted by atomic mass is 9.95. The van der Waals surface area contributed by atoms with Gasteiger partial charge in [0.1, 0.15) is 0 Å². The number of alkyl halides is 2. The van der Waals surface area contributed by atoms with E-state index < -0.39 is 17.9 Å². The van der Waals surface area contributed by atoms with Crippen LogP contribution >= 0.6 is 0 Å². The van der Waals surface area contributed by atoms with E-state index >= 15 is 0 Å². The zero-order chi connectivity index (χ0) is 14.6. The summed E-state index contributed by atoms with van der Waals surface area (Å²) in [5, 5.41) is 8.38. The maximum Gasteiger partial charge on any atom is 0.329 e. The third kappa shape index (κ3) is 8.29. The number of nitrogens with two attached hydrogens (primary N) is 4. The number of halogens is 2. The maximum atomic E-state index is 12.1. The normalized spacial score (nSPS) is 13.7. The number of carboxylic acid groups (broad SMARTS) is 1. The Morgan fingerprint density at radius 2 is 1.44 bits per heavy atom. The summed E-state index contributed by atoms with van der Waals surface area (Å²) in [6, 6.07) is 0. The van der Waals surface area contributed by atoms with Crippen molar-refractivity contribution in [2.75, 3.05) is 19.6 Å². The van der Waals surface area contributed by atoms with Crippen LogP contribution in [0.2, 0.25) is 0 Å². The molecule has 0 aromatic carbocycles. The van der Waals surface area contributed by atoms with E-state index in [1.165, 1.54) is 0 Å². The summed E-state index contributed by atoms with van der Waals surface area (Å²) >= 11 is 0. The first-order chi connectivity index (χ1) is 8.36. The van der Waals surface area contributed by atoms with Crippen molar-refractivity contribution in [3.63, 3.8) is 0 Å². The second-order valence-electron chi connectivity index (χ2n) is 3.82. The Morgan fingerprint density at radius 1 is 1.06 bits per heavy atom. The van der Waals surface area contributed by atoms with Crippen LogP contribution in [0.25, 0.3) is 0 Å². The smallest absolute Gasteiger partial charge is 0.329 e. The SMILES string of the molecule is NCCCC(N)(C(=O)O)C(F)F.NCCCCN. The average molecular weight is 270 g/mol. The van der Waals surface area contributed by atoms with E-state index in [4.69, 9.17) is 28.0 Å². The van der Waals surface area contributed by atoms with Crippen molar-refractivity contribution in [2.45, 2.75) is 37.6 Å².